The lowest BCUT2D eigenvalue weighted by Gasteiger charge is -2.15. The number of aliphatic hydroxyl groups is 1. The van der Waals surface area contributed by atoms with Crippen molar-refractivity contribution in [3.8, 4) is 5.75 Å². The van der Waals surface area contributed by atoms with Gasteiger partial charge < -0.3 is 20.5 Å². The lowest BCUT2D eigenvalue weighted by atomic mass is 10.0. The quantitative estimate of drug-likeness (QED) is 0.195. The Bertz CT molecular complexity index is 527. The van der Waals surface area contributed by atoms with Crippen molar-refractivity contribution >= 4 is 29.9 Å². The second kappa shape index (κ2) is 15.0. The zero-order valence-electron chi connectivity index (χ0n) is 15.4. The van der Waals surface area contributed by atoms with Gasteiger partial charge >= 0.3 is 0 Å². The SMILES string of the molecule is CCCC(CCO)CN=C(NCC)NCCOc1ccc(F)c(F)c1.I. The molecule has 0 saturated carbocycles. The van der Waals surface area contributed by atoms with Crippen LogP contribution in [0.1, 0.15) is 33.1 Å². The Morgan fingerprint density at radius 2 is 1.96 bits per heavy atom. The van der Waals surface area contributed by atoms with Crippen molar-refractivity contribution in [2.75, 3.05) is 32.8 Å². The van der Waals surface area contributed by atoms with E-state index < -0.39 is 11.6 Å². The molecule has 0 spiro atoms. The smallest absolute Gasteiger partial charge is 0.191 e. The number of hydrogen-bond donors (Lipinski definition) is 3. The van der Waals surface area contributed by atoms with Crippen LogP contribution in [0.15, 0.2) is 23.2 Å². The molecule has 0 aliphatic heterocycles. The number of aliphatic hydroxyl groups excluding tert-OH is 1. The van der Waals surface area contributed by atoms with Gasteiger partial charge in [-0.05, 0) is 37.8 Å². The fraction of sp³-hybridized carbons (Fsp3) is 0.611. The van der Waals surface area contributed by atoms with Crippen LogP contribution in [0.25, 0.3) is 0 Å². The van der Waals surface area contributed by atoms with Gasteiger partial charge in [0, 0.05) is 25.8 Å². The van der Waals surface area contributed by atoms with Crippen molar-refractivity contribution in [2.24, 2.45) is 10.9 Å². The topological polar surface area (TPSA) is 65.9 Å². The van der Waals surface area contributed by atoms with Crippen molar-refractivity contribution in [1.29, 1.82) is 0 Å². The van der Waals surface area contributed by atoms with Crippen LogP contribution in [0.3, 0.4) is 0 Å². The molecule has 5 nitrogen and oxygen atoms in total. The highest BCUT2D eigenvalue weighted by molar-refractivity contribution is 14.0. The molecule has 1 aromatic rings. The first-order chi connectivity index (χ1) is 12.1. The summed E-state index contributed by atoms with van der Waals surface area (Å²) in [6, 6.07) is 3.46. The first-order valence-corrected chi connectivity index (χ1v) is 8.81. The molecule has 3 N–H and O–H groups in total. The molecule has 8 heteroatoms. The van der Waals surface area contributed by atoms with Crippen LogP contribution in [0.4, 0.5) is 8.78 Å². The van der Waals surface area contributed by atoms with Gasteiger partial charge in [-0.1, -0.05) is 13.3 Å². The molecule has 26 heavy (non-hydrogen) atoms. The van der Waals surface area contributed by atoms with E-state index in [-0.39, 0.29) is 36.3 Å². The zero-order chi connectivity index (χ0) is 18.5. The van der Waals surface area contributed by atoms with E-state index in [2.05, 4.69) is 22.5 Å². The monoisotopic (exact) mass is 485 g/mol. The van der Waals surface area contributed by atoms with Gasteiger partial charge in [-0.15, -0.1) is 24.0 Å². The highest BCUT2D eigenvalue weighted by atomic mass is 127. The number of benzene rings is 1. The van der Waals surface area contributed by atoms with Crippen LogP contribution < -0.4 is 15.4 Å². The molecule has 1 atom stereocenters. The molecule has 0 fully saturated rings. The van der Waals surface area contributed by atoms with Crippen molar-refractivity contribution < 1.29 is 18.6 Å². The predicted molar refractivity (Wildman–Crippen MR) is 111 cm³/mol. The third kappa shape index (κ3) is 10.1. The van der Waals surface area contributed by atoms with Crippen molar-refractivity contribution in [2.45, 2.75) is 33.1 Å². The average molecular weight is 485 g/mol. The molecule has 0 aromatic heterocycles. The Morgan fingerprint density at radius 3 is 2.58 bits per heavy atom. The Balaban J connectivity index is 0.00000625. The Morgan fingerprint density at radius 1 is 1.19 bits per heavy atom. The molecule has 1 unspecified atom stereocenters. The minimum atomic E-state index is -0.925. The molecule has 0 aliphatic carbocycles. The molecule has 1 rings (SSSR count). The van der Waals surface area contributed by atoms with E-state index in [4.69, 9.17) is 9.84 Å². The normalized spacial score (nSPS) is 12.3. The molecular weight excluding hydrogens is 455 g/mol. The number of rotatable bonds is 11. The van der Waals surface area contributed by atoms with Crippen LogP contribution >= 0.6 is 24.0 Å². The highest BCUT2D eigenvalue weighted by Crippen LogP contribution is 2.15. The summed E-state index contributed by atoms with van der Waals surface area (Å²) in [6.07, 6.45) is 2.84. The number of aliphatic imine (C=N–C) groups is 1. The van der Waals surface area contributed by atoms with Gasteiger partial charge in [0.25, 0.3) is 0 Å². The number of halogens is 3. The number of nitrogens with one attached hydrogen (secondary N) is 2. The van der Waals surface area contributed by atoms with Crippen molar-refractivity contribution in [1.82, 2.24) is 10.6 Å². The van der Waals surface area contributed by atoms with E-state index in [0.29, 0.717) is 31.6 Å². The lowest BCUT2D eigenvalue weighted by molar-refractivity contribution is 0.253. The summed E-state index contributed by atoms with van der Waals surface area (Å²) in [5.41, 5.74) is 0. The first-order valence-electron chi connectivity index (χ1n) is 8.81. The van der Waals surface area contributed by atoms with Crippen LogP contribution in [-0.2, 0) is 0 Å². The molecule has 0 bridgehead atoms. The van der Waals surface area contributed by atoms with E-state index in [1.54, 1.807) is 0 Å². The molecule has 1 aromatic carbocycles. The van der Waals surface area contributed by atoms with Gasteiger partial charge in [0.2, 0.25) is 0 Å². The highest BCUT2D eigenvalue weighted by Gasteiger charge is 2.07. The predicted octanol–water partition coefficient (Wildman–Crippen LogP) is 3.32. The molecule has 150 valence electrons. The maximum Gasteiger partial charge on any atom is 0.191 e. The van der Waals surface area contributed by atoms with E-state index >= 15 is 0 Å². The fourth-order valence-corrected chi connectivity index (χ4v) is 2.38. The summed E-state index contributed by atoms with van der Waals surface area (Å²) < 4.78 is 31.3. The third-order valence-electron chi connectivity index (χ3n) is 3.64. The largest absolute Gasteiger partial charge is 0.492 e. The Hall–Kier alpha value is -1.16. The summed E-state index contributed by atoms with van der Waals surface area (Å²) in [7, 11) is 0. The molecule has 0 radical (unpaired) electrons. The fourth-order valence-electron chi connectivity index (χ4n) is 2.38. The first kappa shape index (κ1) is 24.8. The van der Waals surface area contributed by atoms with E-state index in [9.17, 15) is 8.78 Å². The minimum Gasteiger partial charge on any atom is -0.492 e. The standard InChI is InChI=1S/C18H29F2N3O2.HI/c1-3-5-14(8-10-24)13-23-18(21-4-2)22-9-11-25-15-6-7-16(19)17(20)12-15;/h6-7,12,14,24H,3-5,8-11,13H2,1-2H3,(H2,21,22,23);1H. The zero-order valence-corrected chi connectivity index (χ0v) is 17.8. The maximum atomic E-state index is 13.1. The van der Waals surface area contributed by atoms with E-state index in [1.807, 2.05) is 6.92 Å². The molecule has 0 amide bonds. The summed E-state index contributed by atoms with van der Waals surface area (Å²) in [6.45, 7) is 6.42. The van der Waals surface area contributed by atoms with Gasteiger partial charge in [-0.25, -0.2) is 8.78 Å². The maximum absolute atomic E-state index is 13.1. The summed E-state index contributed by atoms with van der Waals surface area (Å²) >= 11 is 0. The second-order valence-electron chi connectivity index (χ2n) is 5.74. The van der Waals surface area contributed by atoms with Crippen molar-refractivity contribution in [3.63, 3.8) is 0 Å². The molecule has 0 aliphatic rings. The Kier molecular flexibility index (Phi) is 14.3. The van der Waals surface area contributed by atoms with Crippen molar-refractivity contribution in [3.05, 3.63) is 29.8 Å². The van der Waals surface area contributed by atoms with E-state index in [1.165, 1.54) is 6.07 Å². The second-order valence-corrected chi connectivity index (χ2v) is 5.74. The number of ether oxygens (including phenoxy) is 1. The number of hydrogen-bond acceptors (Lipinski definition) is 3. The van der Waals surface area contributed by atoms with Gasteiger partial charge in [-0.2, -0.15) is 0 Å². The van der Waals surface area contributed by atoms with Gasteiger partial charge in [0.15, 0.2) is 17.6 Å². The van der Waals surface area contributed by atoms with Crippen LogP contribution in [0, 0.1) is 17.6 Å². The lowest BCUT2D eigenvalue weighted by Crippen LogP contribution is -2.39. The van der Waals surface area contributed by atoms with Gasteiger partial charge in [0.05, 0.1) is 6.54 Å². The third-order valence-corrected chi connectivity index (χ3v) is 3.64. The van der Waals surface area contributed by atoms with Gasteiger partial charge in [-0.3, -0.25) is 4.99 Å². The van der Waals surface area contributed by atoms with Crippen LogP contribution in [0.2, 0.25) is 0 Å². The average Bonchev–Trinajstić information content (AvgIpc) is 2.59. The summed E-state index contributed by atoms with van der Waals surface area (Å²) in [4.78, 5) is 4.54. The van der Waals surface area contributed by atoms with Crippen LogP contribution in [0.5, 0.6) is 5.75 Å². The summed E-state index contributed by atoms with van der Waals surface area (Å²) in [5, 5.41) is 15.4. The summed E-state index contributed by atoms with van der Waals surface area (Å²) in [5.74, 6) is -0.490. The Labute approximate surface area is 171 Å². The van der Waals surface area contributed by atoms with Crippen LogP contribution in [-0.4, -0.2) is 43.9 Å². The number of nitrogens with zero attached hydrogens (tertiary/aromatic N) is 1. The van der Waals surface area contributed by atoms with E-state index in [0.717, 1.165) is 37.9 Å². The molecular formula is C18H30F2IN3O2. The molecule has 0 saturated heterocycles. The minimum absolute atomic E-state index is 0. The van der Waals surface area contributed by atoms with Gasteiger partial charge in [0.1, 0.15) is 12.4 Å². The number of guanidine groups is 1. The molecule has 0 heterocycles.